The van der Waals surface area contributed by atoms with Gasteiger partial charge in [-0.05, 0) is 30.3 Å². The van der Waals surface area contributed by atoms with Crippen molar-refractivity contribution in [3.63, 3.8) is 0 Å². The van der Waals surface area contributed by atoms with Crippen LogP contribution in [-0.2, 0) is 9.84 Å². The summed E-state index contributed by atoms with van der Waals surface area (Å²) in [7, 11) is -4.35. The van der Waals surface area contributed by atoms with Gasteiger partial charge < -0.3 is 10.2 Å². The lowest BCUT2D eigenvalue weighted by Crippen LogP contribution is -2.29. The van der Waals surface area contributed by atoms with E-state index in [-0.39, 0.29) is 9.92 Å². The van der Waals surface area contributed by atoms with Crippen molar-refractivity contribution in [2.45, 2.75) is 10.1 Å². The van der Waals surface area contributed by atoms with Gasteiger partial charge in [0.25, 0.3) is 0 Å². The van der Waals surface area contributed by atoms with Gasteiger partial charge in [0.1, 0.15) is 5.25 Å². The molecule has 2 N–H and O–H groups in total. The number of benzene rings is 2. The van der Waals surface area contributed by atoms with Crippen LogP contribution in [0, 0.1) is 23.4 Å². The Balaban J connectivity index is 2.69. The Hall–Kier alpha value is -1.61. The summed E-state index contributed by atoms with van der Waals surface area (Å²) in [5, 5.41) is 17.2. The summed E-state index contributed by atoms with van der Waals surface area (Å²) in [6.07, 6.45) is 0. The Morgan fingerprint density at radius 1 is 0.920 bits per heavy atom. The molecule has 0 bridgehead atoms. The molecule has 2 rings (SSSR count). The maximum atomic E-state index is 14.2. The van der Waals surface area contributed by atoms with Crippen molar-refractivity contribution in [3.8, 4) is 0 Å². The van der Waals surface area contributed by atoms with E-state index in [1.54, 1.807) is 0 Å². The quantitative estimate of drug-likeness (QED) is 0.739. The highest BCUT2D eigenvalue weighted by Gasteiger charge is 2.38. The predicted octanol–water partition coefficient (Wildman–Crippen LogP) is 2.87. The molecule has 0 aromatic heterocycles. The normalized spacial score (nSPS) is 13.2. The van der Waals surface area contributed by atoms with E-state index in [0.717, 1.165) is 18.2 Å². The summed E-state index contributed by atoms with van der Waals surface area (Å²) in [6.45, 7) is -1.63. The fourth-order valence-corrected chi connectivity index (χ4v) is 4.58. The Labute approximate surface area is 147 Å². The van der Waals surface area contributed by atoms with Crippen molar-refractivity contribution >= 4 is 21.4 Å². The molecule has 1 atom stereocenters. The van der Waals surface area contributed by atoms with Crippen LogP contribution in [0.2, 0.25) is 5.02 Å². The second-order valence-corrected chi connectivity index (χ2v) is 7.82. The molecule has 136 valence electrons. The van der Waals surface area contributed by atoms with E-state index in [9.17, 15) is 31.8 Å². The average Bonchev–Trinajstić information content (AvgIpc) is 2.59. The van der Waals surface area contributed by atoms with Crippen molar-refractivity contribution < 1.29 is 31.8 Å². The number of halogens is 4. The summed E-state index contributed by atoms with van der Waals surface area (Å²) in [5.41, 5.74) is -0.679. The highest BCUT2D eigenvalue weighted by molar-refractivity contribution is 7.91. The largest absolute Gasteiger partial charge is 0.396 e. The molecule has 0 saturated heterocycles. The predicted molar refractivity (Wildman–Crippen MR) is 85.4 cm³/mol. The minimum absolute atomic E-state index is 0.260. The van der Waals surface area contributed by atoms with Crippen molar-refractivity contribution in [2.75, 3.05) is 13.2 Å². The Kier molecular flexibility index (Phi) is 6.10. The lowest BCUT2D eigenvalue weighted by atomic mass is 9.99. The fraction of sp³-hybridized carbons (Fsp3) is 0.250. The molecule has 0 radical (unpaired) electrons. The molecule has 0 fully saturated rings. The number of rotatable bonds is 6. The van der Waals surface area contributed by atoms with Crippen molar-refractivity contribution in [3.05, 3.63) is 64.4 Å². The van der Waals surface area contributed by atoms with Gasteiger partial charge in [-0.25, -0.2) is 21.6 Å². The smallest absolute Gasteiger partial charge is 0.194 e. The summed E-state index contributed by atoms with van der Waals surface area (Å²) < 4.78 is 66.8. The Bertz CT molecular complexity index is 852. The third-order valence-corrected chi connectivity index (χ3v) is 6.23. The van der Waals surface area contributed by atoms with Crippen molar-refractivity contribution in [1.82, 2.24) is 0 Å². The zero-order chi connectivity index (χ0) is 18.8. The Morgan fingerprint density at radius 3 is 2.00 bits per heavy atom. The van der Waals surface area contributed by atoms with Crippen LogP contribution in [0.4, 0.5) is 13.2 Å². The van der Waals surface area contributed by atoms with Crippen LogP contribution >= 0.6 is 11.6 Å². The number of aliphatic hydroxyl groups excluding tert-OH is 2. The van der Waals surface area contributed by atoms with Gasteiger partial charge in [0.15, 0.2) is 27.3 Å². The van der Waals surface area contributed by atoms with E-state index in [0.29, 0.717) is 6.07 Å². The molecule has 0 aliphatic heterocycles. The van der Waals surface area contributed by atoms with E-state index in [4.69, 9.17) is 11.6 Å². The average molecular weight is 395 g/mol. The second-order valence-electron chi connectivity index (χ2n) is 5.31. The zero-order valence-corrected chi connectivity index (χ0v) is 14.2. The van der Waals surface area contributed by atoms with E-state index in [1.165, 1.54) is 12.1 Å². The van der Waals surface area contributed by atoms with Gasteiger partial charge in [-0.15, -0.1) is 0 Å². The van der Waals surface area contributed by atoms with Crippen LogP contribution in [0.5, 0.6) is 0 Å². The highest BCUT2D eigenvalue weighted by atomic mass is 35.5. The van der Waals surface area contributed by atoms with Crippen LogP contribution < -0.4 is 0 Å². The first-order chi connectivity index (χ1) is 11.7. The maximum absolute atomic E-state index is 14.2. The lowest BCUT2D eigenvalue weighted by molar-refractivity contribution is 0.145. The molecule has 0 aliphatic carbocycles. The molecule has 0 spiro atoms. The van der Waals surface area contributed by atoms with Crippen molar-refractivity contribution in [1.29, 1.82) is 0 Å². The number of hydrogen-bond donors (Lipinski definition) is 2. The SMILES string of the molecule is O=S(=O)(c1ccc(Cl)cc1)C(c1ccc(F)c(F)c1F)C(CO)CO. The number of sulfone groups is 1. The van der Waals surface area contributed by atoms with Crippen molar-refractivity contribution in [2.24, 2.45) is 5.92 Å². The second kappa shape index (κ2) is 7.74. The molecule has 9 heteroatoms. The standard InChI is InChI=1S/C16H14ClF3O4S/c17-10-1-3-11(4-2-10)25(23,24)16(9(7-21)8-22)12-5-6-13(18)15(20)14(12)19/h1-6,9,16,21-22H,7-8H2. The molecule has 4 nitrogen and oxygen atoms in total. The lowest BCUT2D eigenvalue weighted by Gasteiger charge is -2.25. The summed E-state index contributed by atoms with van der Waals surface area (Å²) in [5.74, 6) is -6.34. The van der Waals surface area contributed by atoms with Gasteiger partial charge in [0, 0.05) is 29.7 Å². The Morgan fingerprint density at radius 2 is 1.48 bits per heavy atom. The van der Waals surface area contributed by atoms with Gasteiger partial charge >= 0.3 is 0 Å². The maximum Gasteiger partial charge on any atom is 0.194 e. The topological polar surface area (TPSA) is 74.6 Å². The number of hydrogen-bond acceptors (Lipinski definition) is 4. The van der Waals surface area contributed by atoms with Crippen LogP contribution in [0.25, 0.3) is 0 Å². The molecule has 25 heavy (non-hydrogen) atoms. The first-order valence-electron chi connectivity index (χ1n) is 7.08. The van der Waals surface area contributed by atoms with Crippen LogP contribution in [0.1, 0.15) is 10.8 Å². The van der Waals surface area contributed by atoms with Crippen LogP contribution in [0.3, 0.4) is 0 Å². The van der Waals surface area contributed by atoms with Gasteiger partial charge in [-0.2, -0.15) is 0 Å². The van der Waals surface area contributed by atoms with Gasteiger partial charge in [0.2, 0.25) is 0 Å². The van der Waals surface area contributed by atoms with Gasteiger partial charge in [-0.3, -0.25) is 0 Å². The molecule has 0 heterocycles. The molecular weight excluding hydrogens is 381 g/mol. The minimum Gasteiger partial charge on any atom is -0.396 e. The highest BCUT2D eigenvalue weighted by Crippen LogP contribution is 2.37. The molecule has 0 aliphatic rings. The summed E-state index contributed by atoms with van der Waals surface area (Å²) in [6, 6.07) is 6.27. The molecular formula is C16H14ClF3O4S. The molecule has 0 saturated carbocycles. The third-order valence-electron chi connectivity index (χ3n) is 3.75. The first-order valence-corrected chi connectivity index (χ1v) is 9.01. The molecule has 0 amide bonds. The summed E-state index contributed by atoms with van der Waals surface area (Å²) in [4.78, 5) is -0.266. The first kappa shape index (κ1) is 19.7. The summed E-state index contributed by atoms with van der Waals surface area (Å²) >= 11 is 5.71. The molecule has 2 aromatic carbocycles. The monoisotopic (exact) mass is 394 g/mol. The van der Waals surface area contributed by atoms with E-state index in [2.05, 4.69) is 0 Å². The van der Waals surface area contributed by atoms with E-state index >= 15 is 0 Å². The van der Waals surface area contributed by atoms with Crippen LogP contribution in [0.15, 0.2) is 41.3 Å². The third kappa shape index (κ3) is 3.82. The minimum atomic E-state index is -4.35. The molecule has 2 aromatic rings. The van der Waals surface area contributed by atoms with E-state index < -0.39 is 57.2 Å². The molecule has 1 unspecified atom stereocenters. The number of aliphatic hydroxyl groups is 2. The van der Waals surface area contributed by atoms with Gasteiger partial charge in [0.05, 0.1) is 4.90 Å². The zero-order valence-electron chi connectivity index (χ0n) is 12.7. The van der Waals surface area contributed by atoms with Crippen LogP contribution in [-0.4, -0.2) is 31.8 Å². The van der Waals surface area contributed by atoms with E-state index in [1.807, 2.05) is 0 Å². The van der Waals surface area contributed by atoms with Gasteiger partial charge in [-0.1, -0.05) is 17.7 Å². The fourth-order valence-electron chi connectivity index (χ4n) is 2.46.